The fraction of sp³-hybridized carbons (Fsp3) is 0.286. The predicted octanol–water partition coefficient (Wildman–Crippen LogP) is 3.54. The van der Waals surface area contributed by atoms with Gasteiger partial charge in [0, 0.05) is 30.0 Å². The molecule has 0 radical (unpaired) electrons. The average Bonchev–Trinajstić information content (AvgIpc) is 3.09. The minimum absolute atomic E-state index is 0.120. The fourth-order valence-electron chi connectivity index (χ4n) is 2.95. The van der Waals surface area contributed by atoms with Crippen LogP contribution in [0.4, 0.5) is 11.4 Å². The third-order valence-corrected chi connectivity index (χ3v) is 5.53. The average molecular weight is 411 g/mol. The number of hydrogen-bond acceptors (Lipinski definition) is 6. The lowest BCUT2D eigenvalue weighted by Gasteiger charge is -2.21. The molecule has 3 N–H and O–H groups in total. The van der Waals surface area contributed by atoms with E-state index < -0.39 is 0 Å². The number of benzene rings is 2. The molecule has 0 unspecified atom stereocenters. The van der Waals surface area contributed by atoms with E-state index in [1.165, 1.54) is 16.4 Å². The molecule has 0 aliphatic carbocycles. The second-order valence-corrected chi connectivity index (χ2v) is 7.54. The summed E-state index contributed by atoms with van der Waals surface area (Å²) in [6.45, 7) is 8.16. The van der Waals surface area contributed by atoms with E-state index in [0.717, 1.165) is 35.6 Å². The van der Waals surface area contributed by atoms with E-state index in [1.54, 1.807) is 0 Å². The summed E-state index contributed by atoms with van der Waals surface area (Å²) in [6, 6.07) is 15.7. The van der Waals surface area contributed by atoms with Crippen molar-refractivity contribution in [3.05, 3.63) is 54.1 Å². The molecule has 8 heteroatoms. The zero-order valence-corrected chi connectivity index (χ0v) is 17.7. The highest BCUT2D eigenvalue weighted by Crippen LogP contribution is 2.22. The van der Waals surface area contributed by atoms with Gasteiger partial charge >= 0.3 is 0 Å². The fourth-order valence-corrected chi connectivity index (χ4v) is 3.60. The van der Waals surface area contributed by atoms with E-state index in [2.05, 4.69) is 34.3 Å². The van der Waals surface area contributed by atoms with Gasteiger partial charge in [0.05, 0.1) is 5.75 Å². The zero-order chi connectivity index (χ0) is 20.8. The van der Waals surface area contributed by atoms with Crippen LogP contribution in [0.5, 0.6) is 0 Å². The number of hydrogen-bond donors (Lipinski definition) is 2. The second-order valence-electron chi connectivity index (χ2n) is 6.60. The van der Waals surface area contributed by atoms with E-state index >= 15 is 0 Å². The van der Waals surface area contributed by atoms with Crippen LogP contribution in [-0.2, 0) is 4.79 Å². The number of carbonyl (C=O) groups excluding carboxylic acids is 1. The lowest BCUT2D eigenvalue weighted by molar-refractivity contribution is -0.113. The van der Waals surface area contributed by atoms with Crippen LogP contribution in [0.1, 0.15) is 19.4 Å². The number of nitrogens with two attached hydrogens (primary N) is 1. The number of anilines is 2. The van der Waals surface area contributed by atoms with Gasteiger partial charge in [-0.1, -0.05) is 41.6 Å². The number of aryl methyl sites for hydroxylation is 1. The Hall–Kier alpha value is -3.00. The molecule has 0 fully saturated rings. The van der Waals surface area contributed by atoms with Gasteiger partial charge in [-0.25, -0.2) is 4.68 Å². The molecule has 0 saturated carbocycles. The molecule has 0 spiro atoms. The van der Waals surface area contributed by atoms with Gasteiger partial charge in [0.25, 0.3) is 0 Å². The van der Waals surface area contributed by atoms with Crippen LogP contribution in [0.3, 0.4) is 0 Å². The quantitative estimate of drug-likeness (QED) is 0.436. The first-order chi connectivity index (χ1) is 14.0. The summed E-state index contributed by atoms with van der Waals surface area (Å²) < 4.78 is 1.42. The van der Waals surface area contributed by atoms with Gasteiger partial charge in [0.15, 0.2) is 5.82 Å². The Morgan fingerprint density at radius 3 is 2.34 bits per heavy atom. The normalized spacial score (nSPS) is 10.7. The molecule has 0 atom stereocenters. The second kappa shape index (κ2) is 9.47. The topological polar surface area (TPSA) is 89.1 Å². The monoisotopic (exact) mass is 410 g/mol. The molecule has 1 heterocycles. The van der Waals surface area contributed by atoms with Gasteiger partial charge in [-0.3, -0.25) is 4.79 Å². The summed E-state index contributed by atoms with van der Waals surface area (Å²) >= 11 is 1.25. The van der Waals surface area contributed by atoms with E-state index in [-0.39, 0.29) is 11.7 Å². The molecule has 7 nitrogen and oxygen atoms in total. The van der Waals surface area contributed by atoms with Crippen LogP contribution in [0.25, 0.3) is 11.4 Å². The molecule has 2 aromatic carbocycles. The molecule has 0 saturated heterocycles. The maximum Gasteiger partial charge on any atom is 0.234 e. The highest BCUT2D eigenvalue weighted by atomic mass is 32.2. The zero-order valence-electron chi connectivity index (χ0n) is 16.9. The Kier molecular flexibility index (Phi) is 6.77. The van der Waals surface area contributed by atoms with Crippen molar-refractivity contribution in [3.63, 3.8) is 0 Å². The Balaban J connectivity index is 1.58. The number of nitrogens with one attached hydrogen (secondary N) is 1. The number of carbonyl (C=O) groups is 1. The SMILES string of the molecule is CCN(CC)c1ccc(NC(=O)CSc2nnc(-c3ccc(C)cc3)n2N)cc1. The molecule has 1 aromatic heterocycles. The van der Waals surface area contributed by atoms with E-state index in [0.29, 0.717) is 11.0 Å². The molecule has 0 bridgehead atoms. The number of nitrogens with zero attached hydrogens (tertiary/aromatic N) is 4. The van der Waals surface area contributed by atoms with Crippen molar-refractivity contribution in [3.8, 4) is 11.4 Å². The molecule has 152 valence electrons. The Morgan fingerprint density at radius 2 is 1.72 bits per heavy atom. The third kappa shape index (κ3) is 5.08. The maximum atomic E-state index is 12.3. The largest absolute Gasteiger partial charge is 0.372 e. The van der Waals surface area contributed by atoms with Crippen LogP contribution < -0.4 is 16.1 Å². The highest BCUT2D eigenvalue weighted by Gasteiger charge is 2.14. The van der Waals surface area contributed by atoms with Crippen LogP contribution in [0.15, 0.2) is 53.7 Å². The minimum Gasteiger partial charge on any atom is -0.372 e. The molecule has 0 aliphatic heterocycles. The van der Waals surface area contributed by atoms with Gasteiger partial charge in [-0.05, 0) is 45.0 Å². The van der Waals surface area contributed by atoms with Crippen molar-refractivity contribution in [1.29, 1.82) is 0 Å². The first kappa shape index (κ1) is 20.7. The van der Waals surface area contributed by atoms with Crippen molar-refractivity contribution in [2.45, 2.75) is 25.9 Å². The Bertz CT molecular complexity index is 948. The number of thioether (sulfide) groups is 1. The Morgan fingerprint density at radius 1 is 1.07 bits per heavy atom. The lowest BCUT2D eigenvalue weighted by Crippen LogP contribution is -2.21. The molecular formula is C21H26N6OS. The van der Waals surface area contributed by atoms with Crippen LogP contribution in [0.2, 0.25) is 0 Å². The van der Waals surface area contributed by atoms with Gasteiger partial charge in [-0.15, -0.1) is 10.2 Å². The number of aromatic nitrogens is 3. The third-order valence-electron chi connectivity index (χ3n) is 4.59. The summed E-state index contributed by atoms with van der Waals surface area (Å²) in [5, 5.41) is 11.7. The van der Waals surface area contributed by atoms with Crippen LogP contribution in [-0.4, -0.2) is 39.6 Å². The van der Waals surface area contributed by atoms with Gasteiger partial charge in [0.2, 0.25) is 11.1 Å². The Labute approximate surface area is 175 Å². The van der Waals surface area contributed by atoms with Crippen LogP contribution >= 0.6 is 11.8 Å². The number of nitrogen functional groups attached to an aromatic ring is 1. The molecule has 3 aromatic rings. The number of amides is 1. The predicted molar refractivity (Wildman–Crippen MR) is 120 cm³/mol. The summed E-state index contributed by atoms with van der Waals surface area (Å²) in [5.41, 5.74) is 3.95. The smallest absolute Gasteiger partial charge is 0.234 e. The highest BCUT2D eigenvalue weighted by molar-refractivity contribution is 7.99. The lowest BCUT2D eigenvalue weighted by atomic mass is 10.1. The minimum atomic E-state index is -0.120. The molecule has 0 aliphatic rings. The van der Waals surface area contributed by atoms with E-state index in [1.807, 2.05) is 55.5 Å². The molecule has 3 rings (SSSR count). The van der Waals surface area contributed by atoms with E-state index in [4.69, 9.17) is 5.84 Å². The van der Waals surface area contributed by atoms with Gasteiger partial charge in [0.1, 0.15) is 0 Å². The van der Waals surface area contributed by atoms with Gasteiger partial charge in [-0.2, -0.15) is 0 Å². The first-order valence-corrected chi connectivity index (χ1v) is 10.6. The summed E-state index contributed by atoms with van der Waals surface area (Å²) in [4.78, 5) is 14.6. The molecular weight excluding hydrogens is 384 g/mol. The number of rotatable bonds is 8. The van der Waals surface area contributed by atoms with Crippen molar-refractivity contribution in [1.82, 2.24) is 14.9 Å². The molecule has 29 heavy (non-hydrogen) atoms. The van der Waals surface area contributed by atoms with Crippen molar-refractivity contribution < 1.29 is 4.79 Å². The first-order valence-electron chi connectivity index (χ1n) is 9.57. The van der Waals surface area contributed by atoms with Crippen molar-refractivity contribution >= 4 is 29.0 Å². The standard InChI is InChI=1S/C21H26N6OS/c1-4-26(5-2)18-12-10-17(11-13-18)23-19(28)14-29-21-25-24-20(27(21)22)16-8-6-15(3)7-9-16/h6-13H,4-5,14,22H2,1-3H3,(H,23,28). The van der Waals surface area contributed by atoms with Crippen molar-refractivity contribution in [2.75, 3.05) is 34.9 Å². The van der Waals surface area contributed by atoms with E-state index in [9.17, 15) is 4.79 Å². The summed E-state index contributed by atoms with van der Waals surface area (Å²) in [6.07, 6.45) is 0. The molecule has 1 amide bonds. The van der Waals surface area contributed by atoms with Gasteiger partial charge < -0.3 is 16.1 Å². The van der Waals surface area contributed by atoms with Crippen LogP contribution in [0, 0.1) is 6.92 Å². The summed E-state index contributed by atoms with van der Waals surface area (Å²) in [7, 11) is 0. The van der Waals surface area contributed by atoms with Crippen molar-refractivity contribution in [2.24, 2.45) is 0 Å². The maximum absolute atomic E-state index is 12.3. The summed E-state index contributed by atoms with van der Waals surface area (Å²) in [5.74, 6) is 6.76.